The van der Waals surface area contributed by atoms with Crippen molar-refractivity contribution in [2.45, 2.75) is 6.54 Å². The maximum atomic E-state index is 11.8. The van der Waals surface area contributed by atoms with Crippen LogP contribution >= 0.6 is 22.9 Å². The minimum atomic E-state index is -0.167. The van der Waals surface area contributed by atoms with Gasteiger partial charge >= 0.3 is 0 Å². The van der Waals surface area contributed by atoms with E-state index in [1.807, 2.05) is 46.3 Å². The number of fused-ring (bicyclic) bond motifs is 1. The number of carbonyl (C=O) groups excluding carboxylic acids is 1. The van der Waals surface area contributed by atoms with Crippen LogP contribution in [0.1, 0.15) is 11.3 Å². The molecule has 1 N–H and O–H groups in total. The summed E-state index contributed by atoms with van der Waals surface area (Å²) in [5, 5.41) is 5.15. The number of nitrogens with one attached hydrogen (secondary N) is 1. The number of carbonyl (C=O) groups is 1. The molecule has 0 aliphatic rings. The van der Waals surface area contributed by atoms with Crippen molar-refractivity contribution < 1.29 is 4.79 Å². The molecule has 0 spiro atoms. The predicted molar refractivity (Wildman–Crippen MR) is 85.4 cm³/mol. The summed E-state index contributed by atoms with van der Waals surface area (Å²) in [5.74, 6) is -0.167. The first-order valence-corrected chi connectivity index (χ1v) is 7.60. The van der Waals surface area contributed by atoms with E-state index >= 15 is 0 Å². The van der Waals surface area contributed by atoms with Crippen molar-refractivity contribution in [3.63, 3.8) is 0 Å². The standard InChI is InChI=1S/C15H12ClN3OS/c16-14-12(19-8-9-21-15(19)18-14)6-7-13(20)17-10-11-4-2-1-3-5-11/h1-9H,10H2,(H,17,20)/b7-6+. The van der Waals surface area contributed by atoms with Crippen LogP contribution in [0.4, 0.5) is 0 Å². The lowest BCUT2D eigenvalue weighted by Gasteiger charge is -2.01. The van der Waals surface area contributed by atoms with Gasteiger partial charge in [0.2, 0.25) is 5.91 Å². The topological polar surface area (TPSA) is 46.4 Å². The van der Waals surface area contributed by atoms with Gasteiger partial charge < -0.3 is 5.32 Å². The number of hydrogen-bond donors (Lipinski definition) is 1. The molecule has 0 atom stereocenters. The normalized spacial score (nSPS) is 11.3. The average molecular weight is 318 g/mol. The van der Waals surface area contributed by atoms with Gasteiger partial charge in [-0.25, -0.2) is 4.98 Å². The third-order valence-electron chi connectivity index (χ3n) is 2.96. The van der Waals surface area contributed by atoms with Crippen LogP contribution in [0, 0.1) is 0 Å². The van der Waals surface area contributed by atoms with Gasteiger partial charge in [0, 0.05) is 24.2 Å². The number of benzene rings is 1. The highest BCUT2D eigenvalue weighted by Crippen LogP contribution is 2.22. The Morgan fingerprint density at radius 3 is 3.00 bits per heavy atom. The van der Waals surface area contributed by atoms with Crippen LogP contribution in [0.5, 0.6) is 0 Å². The zero-order valence-corrected chi connectivity index (χ0v) is 12.6. The summed E-state index contributed by atoms with van der Waals surface area (Å²) in [5.41, 5.74) is 1.77. The molecule has 3 rings (SSSR count). The van der Waals surface area contributed by atoms with Crippen molar-refractivity contribution in [3.05, 3.63) is 64.4 Å². The fraction of sp³-hybridized carbons (Fsp3) is 0.0667. The summed E-state index contributed by atoms with van der Waals surface area (Å²) in [4.78, 5) is 16.8. The quantitative estimate of drug-likeness (QED) is 0.750. The molecule has 0 saturated carbocycles. The molecule has 106 valence electrons. The highest BCUT2D eigenvalue weighted by atomic mass is 35.5. The third-order valence-corrected chi connectivity index (χ3v) is 3.99. The summed E-state index contributed by atoms with van der Waals surface area (Å²) in [7, 11) is 0. The van der Waals surface area contributed by atoms with Gasteiger partial charge in [-0.1, -0.05) is 41.9 Å². The van der Waals surface area contributed by atoms with E-state index in [1.54, 1.807) is 6.08 Å². The summed E-state index contributed by atoms with van der Waals surface area (Å²) < 4.78 is 1.86. The van der Waals surface area contributed by atoms with E-state index < -0.39 is 0 Å². The van der Waals surface area contributed by atoms with Gasteiger partial charge in [0.15, 0.2) is 10.1 Å². The van der Waals surface area contributed by atoms with Crippen molar-refractivity contribution in [1.29, 1.82) is 0 Å². The molecule has 0 unspecified atom stereocenters. The fourth-order valence-electron chi connectivity index (χ4n) is 1.92. The van der Waals surface area contributed by atoms with E-state index in [4.69, 9.17) is 11.6 Å². The fourth-order valence-corrected chi connectivity index (χ4v) is 2.93. The van der Waals surface area contributed by atoms with E-state index in [1.165, 1.54) is 17.4 Å². The zero-order valence-electron chi connectivity index (χ0n) is 11.0. The van der Waals surface area contributed by atoms with Gasteiger partial charge in [-0.3, -0.25) is 9.20 Å². The summed E-state index contributed by atoms with van der Waals surface area (Å²) in [6.45, 7) is 0.498. The molecule has 3 aromatic rings. The van der Waals surface area contributed by atoms with Crippen LogP contribution in [0.15, 0.2) is 48.0 Å². The first-order valence-electron chi connectivity index (χ1n) is 6.35. The van der Waals surface area contributed by atoms with Crippen molar-refractivity contribution in [2.24, 2.45) is 0 Å². The van der Waals surface area contributed by atoms with Crippen molar-refractivity contribution in [3.8, 4) is 0 Å². The van der Waals surface area contributed by atoms with Crippen LogP contribution in [-0.2, 0) is 11.3 Å². The number of amides is 1. The van der Waals surface area contributed by atoms with E-state index in [-0.39, 0.29) is 5.91 Å². The van der Waals surface area contributed by atoms with E-state index in [9.17, 15) is 4.79 Å². The second kappa shape index (κ2) is 6.11. The Bertz CT molecular complexity index is 792. The summed E-state index contributed by atoms with van der Waals surface area (Å²) in [6.07, 6.45) is 5.02. The summed E-state index contributed by atoms with van der Waals surface area (Å²) >= 11 is 7.55. The van der Waals surface area contributed by atoms with Crippen LogP contribution in [0.3, 0.4) is 0 Å². The Balaban J connectivity index is 1.67. The largest absolute Gasteiger partial charge is 0.348 e. The number of nitrogens with zero attached hydrogens (tertiary/aromatic N) is 2. The lowest BCUT2D eigenvalue weighted by molar-refractivity contribution is -0.116. The number of imidazole rings is 1. The van der Waals surface area contributed by atoms with Gasteiger partial charge in [0.25, 0.3) is 0 Å². The predicted octanol–water partition coefficient (Wildman–Crippen LogP) is 3.38. The number of rotatable bonds is 4. The van der Waals surface area contributed by atoms with Gasteiger partial charge in [-0.15, -0.1) is 11.3 Å². The molecule has 1 amide bonds. The minimum Gasteiger partial charge on any atom is -0.348 e. The summed E-state index contributed by atoms with van der Waals surface area (Å²) in [6, 6.07) is 9.76. The van der Waals surface area contributed by atoms with Gasteiger partial charge in [0.05, 0.1) is 5.69 Å². The van der Waals surface area contributed by atoms with Crippen LogP contribution < -0.4 is 5.32 Å². The average Bonchev–Trinajstić information content (AvgIpc) is 3.05. The molecule has 2 heterocycles. The zero-order chi connectivity index (χ0) is 14.7. The van der Waals surface area contributed by atoms with Crippen LogP contribution in [-0.4, -0.2) is 15.3 Å². The molecule has 4 nitrogen and oxygen atoms in total. The molecule has 0 aliphatic heterocycles. The number of aromatic nitrogens is 2. The Morgan fingerprint density at radius 1 is 1.38 bits per heavy atom. The van der Waals surface area contributed by atoms with Crippen LogP contribution in [0.2, 0.25) is 5.15 Å². The minimum absolute atomic E-state index is 0.167. The lowest BCUT2D eigenvalue weighted by Crippen LogP contribution is -2.20. The molecule has 1 aromatic carbocycles. The Kier molecular flexibility index (Phi) is 4.03. The molecule has 0 aliphatic carbocycles. The first-order chi connectivity index (χ1) is 10.2. The molecule has 2 aromatic heterocycles. The van der Waals surface area contributed by atoms with Gasteiger partial charge in [-0.05, 0) is 11.6 Å². The third kappa shape index (κ3) is 3.15. The molecule has 0 radical (unpaired) electrons. The Hall–Kier alpha value is -2.11. The monoisotopic (exact) mass is 317 g/mol. The SMILES string of the molecule is O=C(/C=C/c1c(Cl)nc2sccn12)NCc1ccccc1. The molecule has 21 heavy (non-hydrogen) atoms. The maximum absolute atomic E-state index is 11.8. The van der Waals surface area contributed by atoms with Crippen molar-refractivity contribution >= 4 is 39.9 Å². The number of halogens is 1. The molecule has 0 bridgehead atoms. The van der Waals surface area contributed by atoms with Gasteiger partial charge in [-0.2, -0.15) is 0 Å². The maximum Gasteiger partial charge on any atom is 0.244 e. The highest BCUT2D eigenvalue weighted by Gasteiger charge is 2.08. The Labute approximate surface area is 130 Å². The van der Waals surface area contributed by atoms with Gasteiger partial charge in [0.1, 0.15) is 0 Å². The van der Waals surface area contributed by atoms with E-state index in [0.29, 0.717) is 17.4 Å². The van der Waals surface area contributed by atoms with E-state index in [0.717, 1.165) is 10.5 Å². The number of thiazole rings is 1. The Morgan fingerprint density at radius 2 is 2.19 bits per heavy atom. The van der Waals surface area contributed by atoms with Crippen LogP contribution in [0.25, 0.3) is 11.0 Å². The highest BCUT2D eigenvalue weighted by molar-refractivity contribution is 7.15. The van der Waals surface area contributed by atoms with Crippen molar-refractivity contribution in [2.75, 3.05) is 0 Å². The molecular formula is C15H12ClN3OS. The molecule has 6 heteroatoms. The first kappa shape index (κ1) is 13.9. The van der Waals surface area contributed by atoms with Crippen molar-refractivity contribution in [1.82, 2.24) is 14.7 Å². The molecular weight excluding hydrogens is 306 g/mol. The van der Waals surface area contributed by atoms with E-state index in [2.05, 4.69) is 10.3 Å². The second-order valence-electron chi connectivity index (χ2n) is 4.38. The smallest absolute Gasteiger partial charge is 0.244 e. The molecule has 0 fully saturated rings. The number of hydrogen-bond acceptors (Lipinski definition) is 3. The molecule has 0 saturated heterocycles. The lowest BCUT2D eigenvalue weighted by atomic mass is 10.2. The second-order valence-corrected chi connectivity index (χ2v) is 5.61.